The summed E-state index contributed by atoms with van der Waals surface area (Å²) < 4.78 is 41.4. The molecule has 0 aliphatic carbocycles. The van der Waals surface area contributed by atoms with Gasteiger partial charge in [0.25, 0.3) is 5.91 Å². The molecule has 0 unspecified atom stereocenters. The number of carbonyl (C=O) groups excluding carboxylic acids is 2. The van der Waals surface area contributed by atoms with Gasteiger partial charge in [0, 0.05) is 60.5 Å². The first kappa shape index (κ1) is 33.1. The zero-order chi connectivity index (χ0) is 35.6. The van der Waals surface area contributed by atoms with Crippen LogP contribution in [-0.4, -0.2) is 72.7 Å². The minimum Gasteiger partial charge on any atom is -0.483 e. The molecule has 5 heterocycles. The molecule has 2 amide bonds. The summed E-state index contributed by atoms with van der Waals surface area (Å²) in [5.74, 6) is -1.56. The fourth-order valence-corrected chi connectivity index (χ4v) is 7.66. The number of hydrogen-bond donors (Lipinski definition) is 0. The molecule has 0 saturated carbocycles. The van der Waals surface area contributed by atoms with Crippen molar-refractivity contribution in [2.45, 2.75) is 39.4 Å². The molecule has 0 saturated heterocycles. The van der Waals surface area contributed by atoms with E-state index in [0.717, 1.165) is 45.6 Å². The number of aromatic nitrogens is 5. The molecular weight excluding hydrogens is 661 g/mol. The van der Waals surface area contributed by atoms with Gasteiger partial charge in [0.15, 0.2) is 6.61 Å². The number of nitrogens with zero attached hydrogens (tertiary/aromatic N) is 7. The third-order valence-electron chi connectivity index (χ3n) is 9.34. The molecule has 1 aliphatic rings. The van der Waals surface area contributed by atoms with Crippen LogP contribution in [0.25, 0.3) is 54.9 Å². The Labute approximate surface area is 291 Å². The van der Waals surface area contributed by atoms with E-state index in [9.17, 15) is 14.0 Å². The number of hydrogen-bond acceptors (Lipinski definition) is 7. The lowest BCUT2D eigenvalue weighted by Gasteiger charge is -2.38. The molecule has 0 N–H and O–H groups in total. The number of thiophene rings is 1. The van der Waals surface area contributed by atoms with E-state index in [1.165, 1.54) is 22.3 Å². The maximum absolute atomic E-state index is 16.2. The Kier molecular flexibility index (Phi) is 8.25. The first-order valence-corrected chi connectivity index (χ1v) is 17.0. The lowest BCUT2D eigenvalue weighted by molar-refractivity contribution is -0.132. The molecule has 0 bridgehead atoms. The number of benzene rings is 2. The van der Waals surface area contributed by atoms with E-state index in [2.05, 4.69) is 6.58 Å². The minimum absolute atomic E-state index is 0.0360. The molecule has 7 rings (SSSR count). The number of imidazole rings is 1. The van der Waals surface area contributed by atoms with Gasteiger partial charge in [-0.1, -0.05) is 12.6 Å². The smallest absolute Gasteiger partial charge is 0.259 e. The van der Waals surface area contributed by atoms with Gasteiger partial charge in [-0.25, -0.2) is 18.7 Å². The lowest BCUT2D eigenvalue weighted by atomic mass is 9.96. The largest absolute Gasteiger partial charge is 0.483 e. The van der Waals surface area contributed by atoms with Gasteiger partial charge in [-0.3, -0.25) is 14.3 Å². The van der Waals surface area contributed by atoms with E-state index < -0.39 is 18.2 Å². The number of rotatable bonds is 7. The first-order chi connectivity index (χ1) is 23.9. The van der Waals surface area contributed by atoms with Crippen LogP contribution >= 0.6 is 11.3 Å². The topological polar surface area (TPSA) is 98.4 Å². The van der Waals surface area contributed by atoms with Gasteiger partial charge >= 0.3 is 0 Å². The van der Waals surface area contributed by atoms with E-state index in [0.29, 0.717) is 33.9 Å². The maximum Gasteiger partial charge on any atom is 0.259 e. The molecule has 0 radical (unpaired) electrons. The van der Waals surface area contributed by atoms with Crippen molar-refractivity contribution in [1.82, 2.24) is 34.1 Å². The SMILES string of the molecule is C=CC(=O)N1[C@H](C)c2cc(-c3nc(-c4ccc5c(c4)nc(C)n5C)c4ccsc4c3-c3c(F)cc(F)cc3OCC(=O)N(C)C)nn2C[C@@H]1C. The summed E-state index contributed by atoms with van der Waals surface area (Å²) in [5.41, 5.74) is 5.07. The fraction of sp³-hybridized carbons (Fsp3) is 0.270. The number of pyridine rings is 1. The van der Waals surface area contributed by atoms with Crippen molar-refractivity contribution in [3.05, 3.63) is 83.7 Å². The predicted molar refractivity (Wildman–Crippen MR) is 190 cm³/mol. The third-order valence-corrected chi connectivity index (χ3v) is 10.3. The number of aryl methyl sites for hydroxylation is 2. The van der Waals surface area contributed by atoms with Crippen molar-refractivity contribution in [2.24, 2.45) is 7.05 Å². The molecule has 0 spiro atoms. The summed E-state index contributed by atoms with van der Waals surface area (Å²) in [6.07, 6.45) is 1.30. The first-order valence-electron chi connectivity index (χ1n) is 16.1. The van der Waals surface area contributed by atoms with Crippen molar-refractivity contribution < 1.29 is 23.1 Å². The van der Waals surface area contributed by atoms with E-state index in [4.69, 9.17) is 19.8 Å². The number of carbonyl (C=O) groups is 2. The number of halogens is 2. The van der Waals surface area contributed by atoms with Crippen LogP contribution < -0.4 is 4.74 Å². The van der Waals surface area contributed by atoms with Gasteiger partial charge in [-0.15, -0.1) is 11.3 Å². The molecule has 6 aromatic rings. The summed E-state index contributed by atoms with van der Waals surface area (Å²) >= 11 is 1.38. The van der Waals surface area contributed by atoms with Gasteiger partial charge in [0.2, 0.25) is 5.91 Å². The normalized spacial score (nSPS) is 15.8. The van der Waals surface area contributed by atoms with Crippen molar-refractivity contribution >= 4 is 44.3 Å². The number of likely N-dealkylation sites (N-methyl/N-ethyl adjacent to an activating group) is 1. The summed E-state index contributed by atoms with van der Waals surface area (Å²) in [5, 5.41) is 7.61. The standard InChI is InChI=1S/C37H35F2N7O3S/c1-8-31(47)46-19(2)17-45-29(20(46)3)16-27(42-45)36-34(33-25(39)14-23(38)15-30(33)49-18-32(48)43(5)6)37-24(11-12-50-37)35(41-36)22-9-10-28-26(13-22)40-21(4)44(28)7/h8-16,19-20H,1,17-18H2,2-7H3/t19-,20+/m0/s1. The van der Waals surface area contributed by atoms with Gasteiger partial charge in [-0.2, -0.15) is 5.10 Å². The monoisotopic (exact) mass is 695 g/mol. The highest BCUT2D eigenvalue weighted by Crippen LogP contribution is 2.47. The predicted octanol–water partition coefficient (Wildman–Crippen LogP) is 6.91. The molecule has 1 aliphatic heterocycles. The lowest BCUT2D eigenvalue weighted by Crippen LogP contribution is -2.46. The van der Waals surface area contributed by atoms with E-state index in [-0.39, 0.29) is 35.2 Å². The van der Waals surface area contributed by atoms with Gasteiger partial charge in [0.05, 0.1) is 40.6 Å². The van der Waals surface area contributed by atoms with E-state index in [1.54, 1.807) is 19.0 Å². The molecule has 2 atom stereocenters. The van der Waals surface area contributed by atoms with Crippen LogP contribution in [0.1, 0.15) is 31.4 Å². The average molecular weight is 696 g/mol. The van der Waals surface area contributed by atoms with Crippen LogP contribution in [0.2, 0.25) is 0 Å². The van der Waals surface area contributed by atoms with Crippen LogP contribution in [0.5, 0.6) is 5.75 Å². The molecule has 256 valence electrons. The second-order valence-corrected chi connectivity index (χ2v) is 13.6. The third kappa shape index (κ3) is 5.41. The molecule has 50 heavy (non-hydrogen) atoms. The quantitative estimate of drug-likeness (QED) is 0.169. The van der Waals surface area contributed by atoms with E-state index >= 15 is 4.39 Å². The molecule has 0 fully saturated rings. The Bertz CT molecular complexity index is 2360. The fourth-order valence-electron chi connectivity index (χ4n) is 6.71. The number of ether oxygens (including phenoxy) is 1. The molecule has 13 heteroatoms. The highest BCUT2D eigenvalue weighted by molar-refractivity contribution is 7.18. The second-order valence-electron chi connectivity index (χ2n) is 12.7. The van der Waals surface area contributed by atoms with Gasteiger partial charge < -0.3 is 19.1 Å². The Balaban J connectivity index is 1.51. The summed E-state index contributed by atoms with van der Waals surface area (Å²) in [6, 6.07) is 11.1. The van der Waals surface area contributed by atoms with Crippen molar-refractivity contribution in [1.29, 1.82) is 0 Å². The average Bonchev–Trinajstić information content (AvgIpc) is 3.80. The Morgan fingerprint density at radius 2 is 1.86 bits per heavy atom. The molecular formula is C37H35F2N7O3S. The summed E-state index contributed by atoms with van der Waals surface area (Å²) in [7, 11) is 5.11. The Morgan fingerprint density at radius 3 is 2.60 bits per heavy atom. The highest BCUT2D eigenvalue weighted by atomic mass is 32.1. The van der Waals surface area contributed by atoms with Crippen LogP contribution in [0.15, 0.2) is 60.5 Å². The number of amides is 2. The van der Waals surface area contributed by atoms with Gasteiger partial charge in [0.1, 0.15) is 34.6 Å². The maximum atomic E-state index is 16.2. The van der Waals surface area contributed by atoms with Crippen molar-refractivity contribution in [3.8, 4) is 39.5 Å². The minimum atomic E-state index is -0.873. The van der Waals surface area contributed by atoms with Crippen molar-refractivity contribution in [2.75, 3.05) is 20.7 Å². The second kappa shape index (κ2) is 12.5. The zero-order valence-corrected chi connectivity index (χ0v) is 29.3. The van der Waals surface area contributed by atoms with Crippen molar-refractivity contribution in [3.63, 3.8) is 0 Å². The summed E-state index contributed by atoms with van der Waals surface area (Å²) in [4.78, 5) is 38.4. The Hall–Kier alpha value is -5.43. The molecule has 2 aromatic carbocycles. The van der Waals surface area contributed by atoms with Crippen LogP contribution in [0, 0.1) is 18.6 Å². The Morgan fingerprint density at radius 1 is 1.08 bits per heavy atom. The zero-order valence-electron chi connectivity index (χ0n) is 28.5. The van der Waals surface area contributed by atoms with Crippen LogP contribution in [0.4, 0.5) is 8.78 Å². The summed E-state index contributed by atoms with van der Waals surface area (Å²) in [6.45, 7) is 9.48. The van der Waals surface area contributed by atoms with Crippen LogP contribution in [0.3, 0.4) is 0 Å². The highest BCUT2D eigenvalue weighted by Gasteiger charge is 2.35. The molecule has 10 nitrogen and oxygen atoms in total. The number of fused-ring (bicyclic) bond motifs is 3. The van der Waals surface area contributed by atoms with Crippen LogP contribution in [-0.2, 0) is 23.2 Å². The van der Waals surface area contributed by atoms with Gasteiger partial charge in [-0.05, 0) is 56.5 Å². The molecule has 4 aromatic heterocycles. The van der Waals surface area contributed by atoms with E-state index in [1.807, 2.05) is 72.8 Å².